The topological polar surface area (TPSA) is 67.5 Å². The number of amides is 1. The summed E-state index contributed by atoms with van der Waals surface area (Å²) in [6.07, 6.45) is 7.53. The maximum atomic E-state index is 12.9. The summed E-state index contributed by atoms with van der Waals surface area (Å²) in [5.41, 5.74) is 8.38. The van der Waals surface area contributed by atoms with Gasteiger partial charge in [0.2, 0.25) is 0 Å². The van der Waals surface area contributed by atoms with Gasteiger partial charge in [0.1, 0.15) is 11.9 Å². The number of nitrogens with zero attached hydrogens (tertiary/aromatic N) is 1. The van der Waals surface area contributed by atoms with Gasteiger partial charge in [-0.2, -0.15) is 4.99 Å². The van der Waals surface area contributed by atoms with Crippen molar-refractivity contribution in [1.82, 2.24) is 0 Å². The van der Waals surface area contributed by atoms with Gasteiger partial charge in [0.15, 0.2) is 0 Å². The fourth-order valence-electron chi connectivity index (χ4n) is 2.76. The molecule has 2 aromatic rings. The van der Waals surface area contributed by atoms with Crippen molar-refractivity contribution in [2.75, 3.05) is 5.32 Å². The van der Waals surface area contributed by atoms with Crippen molar-refractivity contribution in [2.24, 2.45) is 10.7 Å². The van der Waals surface area contributed by atoms with Crippen LogP contribution in [-0.2, 0) is 4.79 Å². The molecule has 4 nitrogen and oxygen atoms in total. The van der Waals surface area contributed by atoms with E-state index in [4.69, 9.17) is 28.9 Å². The Morgan fingerprint density at radius 3 is 2.56 bits per heavy atom. The van der Waals surface area contributed by atoms with Crippen molar-refractivity contribution in [2.45, 2.75) is 18.9 Å². The third-order valence-electron chi connectivity index (χ3n) is 4.18. The molecule has 0 bridgehead atoms. The molecular weight excluding hydrogens is 381 g/mol. The largest absolute Gasteiger partial charge is 0.383 e. The van der Waals surface area contributed by atoms with Crippen molar-refractivity contribution < 1.29 is 4.79 Å². The normalized spacial score (nSPS) is 15.2. The minimum atomic E-state index is -0.693. The molecule has 0 heterocycles. The molecule has 0 saturated carbocycles. The highest BCUT2D eigenvalue weighted by molar-refractivity contribution is 6.42. The number of benzene rings is 2. The first-order valence-electron chi connectivity index (χ1n) is 8.55. The minimum absolute atomic E-state index is 0.251. The van der Waals surface area contributed by atoms with Crippen LogP contribution in [0, 0.1) is 0 Å². The average Bonchev–Trinajstić information content (AvgIpc) is 2.70. The lowest BCUT2D eigenvalue weighted by molar-refractivity contribution is -0.118. The van der Waals surface area contributed by atoms with E-state index in [1.165, 1.54) is 0 Å². The summed E-state index contributed by atoms with van der Waals surface area (Å²) < 4.78 is 0. The third-order valence-corrected chi connectivity index (χ3v) is 4.92. The van der Waals surface area contributed by atoms with Gasteiger partial charge in [-0.3, -0.25) is 4.79 Å². The zero-order valence-corrected chi connectivity index (χ0v) is 16.0. The van der Waals surface area contributed by atoms with Crippen molar-refractivity contribution in [3.05, 3.63) is 87.9 Å². The summed E-state index contributed by atoms with van der Waals surface area (Å²) in [4.78, 5) is 17.1. The van der Waals surface area contributed by atoms with Crippen LogP contribution >= 0.6 is 23.2 Å². The summed E-state index contributed by atoms with van der Waals surface area (Å²) in [5, 5.41) is 4.04. The molecule has 1 amide bonds. The number of halogens is 2. The fraction of sp³-hybridized carbons (Fsp3) is 0.143. The number of amidine groups is 1. The highest BCUT2D eigenvalue weighted by Gasteiger charge is 2.21. The number of rotatable bonds is 5. The molecule has 27 heavy (non-hydrogen) atoms. The molecule has 1 atom stereocenters. The smallest absolute Gasteiger partial charge is 0.274 e. The second kappa shape index (κ2) is 8.89. The molecular formula is C21H19Cl2N3O. The zero-order chi connectivity index (χ0) is 19.2. The number of aliphatic imine (C=N–C) groups is 1. The quantitative estimate of drug-likeness (QED) is 0.528. The SMILES string of the molecule is NC(=NC(=O)C(Nc1ccc(Cl)c(Cl)c1)c1ccccc1)C1=CC=CCC1. The molecule has 3 N–H and O–H groups in total. The van der Waals surface area contributed by atoms with E-state index >= 15 is 0 Å². The Hall–Kier alpha value is -2.56. The number of carbonyl (C=O) groups is 1. The van der Waals surface area contributed by atoms with E-state index in [0.717, 1.165) is 24.0 Å². The zero-order valence-electron chi connectivity index (χ0n) is 14.5. The summed E-state index contributed by atoms with van der Waals surface area (Å²) in [6.45, 7) is 0. The molecule has 2 aromatic carbocycles. The molecule has 0 fully saturated rings. The Bertz CT molecular complexity index is 920. The van der Waals surface area contributed by atoms with Crippen LogP contribution in [0.5, 0.6) is 0 Å². The Balaban J connectivity index is 1.89. The van der Waals surface area contributed by atoms with E-state index in [2.05, 4.69) is 16.4 Å². The summed E-state index contributed by atoms with van der Waals surface area (Å²) >= 11 is 12.1. The maximum absolute atomic E-state index is 12.9. The van der Waals surface area contributed by atoms with Crippen molar-refractivity contribution in [3.63, 3.8) is 0 Å². The van der Waals surface area contributed by atoms with Crippen LogP contribution in [0.25, 0.3) is 0 Å². The van der Waals surface area contributed by atoms with Crippen molar-refractivity contribution in [1.29, 1.82) is 0 Å². The van der Waals surface area contributed by atoms with Crippen LogP contribution in [0.1, 0.15) is 24.4 Å². The van der Waals surface area contributed by atoms with Crippen LogP contribution in [0.2, 0.25) is 10.0 Å². The Labute approximate surface area is 168 Å². The number of hydrogen-bond donors (Lipinski definition) is 2. The number of hydrogen-bond acceptors (Lipinski definition) is 2. The van der Waals surface area contributed by atoms with Crippen LogP contribution in [-0.4, -0.2) is 11.7 Å². The third kappa shape index (κ3) is 5.00. The molecule has 0 spiro atoms. The Kier molecular flexibility index (Phi) is 6.32. The van der Waals surface area contributed by atoms with E-state index < -0.39 is 6.04 Å². The molecule has 1 aliphatic rings. The predicted octanol–water partition coefficient (Wildman–Crippen LogP) is 5.31. The highest BCUT2D eigenvalue weighted by atomic mass is 35.5. The van der Waals surface area contributed by atoms with Crippen LogP contribution in [0.15, 0.2) is 77.3 Å². The first-order valence-corrected chi connectivity index (χ1v) is 9.31. The van der Waals surface area contributed by atoms with Gasteiger partial charge in [-0.1, -0.05) is 71.8 Å². The van der Waals surface area contributed by atoms with E-state index in [-0.39, 0.29) is 11.7 Å². The number of nitrogens with two attached hydrogens (primary N) is 1. The van der Waals surface area contributed by atoms with E-state index in [1.54, 1.807) is 18.2 Å². The summed E-state index contributed by atoms with van der Waals surface area (Å²) in [6, 6.07) is 13.8. The first kappa shape index (κ1) is 19.2. The second-order valence-electron chi connectivity index (χ2n) is 6.11. The highest BCUT2D eigenvalue weighted by Crippen LogP contribution is 2.28. The van der Waals surface area contributed by atoms with Gasteiger partial charge in [-0.25, -0.2) is 0 Å². The van der Waals surface area contributed by atoms with Gasteiger partial charge < -0.3 is 11.1 Å². The number of anilines is 1. The lowest BCUT2D eigenvalue weighted by atomic mass is 10.0. The first-order chi connectivity index (χ1) is 13.0. The van der Waals surface area contributed by atoms with Crippen molar-refractivity contribution in [3.8, 4) is 0 Å². The van der Waals surface area contributed by atoms with Gasteiger partial charge in [-0.15, -0.1) is 0 Å². The molecule has 1 aliphatic carbocycles. The molecule has 3 rings (SSSR count). The summed E-state index contributed by atoms with van der Waals surface area (Å²) in [7, 11) is 0. The van der Waals surface area contributed by atoms with Gasteiger partial charge in [0, 0.05) is 5.69 Å². The molecule has 1 unspecified atom stereocenters. The van der Waals surface area contributed by atoms with Gasteiger partial charge in [0.05, 0.1) is 10.0 Å². The Morgan fingerprint density at radius 1 is 1.11 bits per heavy atom. The summed E-state index contributed by atoms with van der Waals surface area (Å²) in [5.74, 6) is -0.124. The monoisotopic (exact) mass is 399 g/mol. The molecule has 0 saturated heterocycles. The molecule has 0 aliphatic heterocycles. The standard InChI is InChI=1S/C21H19Cl2N3O/c22-17-12-11-16(13-18(17)23)25-19(14-7-3-1-4-8-14)21(27)26-20(24)15-9-5-2-6-10-15/h1-5,7-9,11-13,19,25H,6,10H2,(H2,24,26,27). The number of nitrogens with one attached hydrogen (secondary N) is 1. The lowest BCUT2D eigenvalue weighted by Gasteiger charge is -2.18. The van der Waals surface area contributed by atoms with E-state index in [1.807, 2.05) is 42.5 Å². The number of carbonyl (C=O) groups excluding carboxylic acids is 1. The fourth-order valence-corrected chi connectivity index (χ4v) is 3.05. The van der Waals surface area contributed by atoms with Crippen LogP contribution in [0.4, 0.5) is 5.69 Å². The average molecular weight is 400 g/mol. The molecule has 6 heteroatoms. The maximum Gasteiger partial charge on any atom is 0.274 e. The van der Waals surface area contributed by atoms with Gasteiger partial charge in [0.25, 0.3) is 5.91 Å². The van der Waals surface area contributed by atoms with Crippen LogP contribution < -0.4 is 11.1 Å². The van der Waals surface area contributed by atoms with E-state index in [9.17, 15) is 4.79 Å². The minimum Gasteiger partial charge on any atom is -0.383 e. The molecule has 0 radical (unpaired) electrons. The van der Waals surface area contributed by atoms with Gasteiger partial charge >= 0.3 is 0 Å². The Morgan fingerprint density at radius 2 is 1.89 bits per heavy atom. The molecule has 0 aromatic heterocycles. The second-order valence-corrected chi connectivity index (χ2v) is 6.93. The predicted molar refractivity (Wildman–Crippen MR) is 112 cm³/mol. The molecule has 138 valence electrons. The van der Waals surface area contributed by atoms with E-state index in [0.29, 0.717) is 15.7 Å². The lowest BCUT2D eigenvalue weighted by Crippen LogP contribution is -2.24. The van der Waals surface area contributed by atoms with Crippen LogP contribution in [0.3, 0.4) is 0 Å². The number of allylic oxidation sites excluding steroid dienone is 3. The van der Waals surface area contributed by atoms with Gasteiger partial charge in [-0.05, 0) is 42.2 Å². The van der Waals surface area contributed by atoms with Crippen molar-refractivity contribution >= 4 is 40.6 Å².